The SMILES string of the molecule is CC(C)c1cnn2c(NC3CCNCC3)nc(N[C@@H]3CNC(=O)C3)nc12. The number of hydrogen-bond acceptors (Lipinski definition) is 7. The Hall–Kier alpha value is -2.42. The van der Waals surface area contributed by atoms with Crippen LogP contribution in [-0.2, 0) is 4.79 Å². The second-order valence-electron chi connectivity index (χ2n) is 7.38. The summed E-state index contributed by atoms with van der Waals surface area (Å²) in [5.74, 6) is 1.62. The third-order valence-electron chi connectivity index (χ3n) is 5.00. The van der Waals surface area contributed by atoms with Gasteiger partial charge >= 0.3 is 0 Å². The van der Waals surface area contributed by atoms with E-state index in [1.165, 1.54) is 0 Å². The molecule has 9 heteroatoms. The van der Waals surface area contributed by atoms with Crippen molar-refractivity contribution in [2.75, 3.05) is 30.3 Å². The topological polar surface area (TPSA) is 108 Å². The maximum Gasteiger partial charge on any atom is 0.229 e. The lowest BCUT2D eigenvalue weighted by atomic mass is 10.1. The predicted octanol–water partition coefficient (Wildman–Crippen LogP) is 0.712. The van der Waals surface area contributed by atoms with Gasteiger partial charge in [0, 0.05) is 24.6 Å². The number of carbonyl (C=O) groups excluding carboxylic acids is 1. The van der Waals surface area contributed by atoms with E-state index in [0.29, 0.717) is 36.8 Å². The molecule has 0 saturated carbocycles. The van der Waals surface area contributed by atoms with Gasteiger partial charge in [0.05, 0.1) is 12.2 Å². The molecule has 0 spiro atoms. The van der Waals surface area contributed by atoms with Crippen LogP contribution < -0.4 is 21.3 Å². The van der Waals surface area contributed by atoms with Crippen LogP contribution in [0.1, 0.15) is 44.6 Å². The van der Waals surface area contributed by atoms with Gasteiger partial charge in [-0.05, 0) is 31.8 Å². The van der Waals surface area contributed by atoms with Crippen LogP contribution in [0.3, 0.4) is 0 Å². The van der Waals surface area contributed by atoms with E-state index in [4.69, 9.17) is 0 Å². The molecule has 140 valence electrons. The first-order valence-corrected chi connectivity index (χ1v) is 9.36. The van der Waals surface area contributed by atoms with Gasteiger partial charge in [0.25, 0.3) is 0 Å². The Labute approximate surface area is 152 Å². The van der Waals surface area contributed by atoms with Crippen molar-refractivity contribution < 1.29 is 4.79 Å². The summed E-state index contributed by atoms with van der Waals surface area (Å²) < 4.78 is 1.79. The van der Waals surface area contributed by atoms with E-state index in [2.05, 4.69) is 50.2 Å². The quantitative estimate of drug-likeness (QED) is 0.623. The number of nitrogens with one attached hydrogen (secondary N) is 4. The zero-order chi connectivity index (χ0) is 18.1. The third-order valence-corrected chi connectivity index (χ3v) is 5.00. The van der Waals surface area contributed by atoms with E-state index in [-0.39, 0.29) is 11.9 Å². The van der Waals surface area contributed by atoms with Crippen molar-refractivity contribution in [1.82, 2.24) is 30.2 Å². The first-order valence-electron chi connectivity index (χ1n) is 9.36. The zero-order valence-electron chi connectivity index (χ0n) is 15.2. The number of fused-ring (bicyclic) bond motifs is 1. The number of piperidine rings is 1. The molecule has 0 aromatic carbocycles. The van der Waals surface area contributed by atoms with Gasteiger partial charge in [0.1, 0.15) is 0 Å². The molecule has 0 bridgehead atoms. The van der Waals surface area contributed by atoms with Crippen LogP contribution in [0, 0.1) is 0 Å². The van der Waals surface area contributed by atoms with Gasteiger partial charge in [0.15, 0.2) is 5.65 Å². The summed E-state index contributed by atoms with van der Waals surface area (Å²) >= 11 is 0. The fraction of sp³-hybridized carbons (Fsp3) is 0.647. The Morgan fingerprint density at radius 1 is 1.19 bits per heavy atom. The van der Waals surface area contributed by atoms with Gasteiger partial charge in [-0.15, -0.1) is 0 Å². The fourth-order valence-electron chi connectivity index (χ4n) is 3.50. The Morgan fingerprint density at radius 2 is 2.00 bits per heavy atom. The van der Waals surface area contributed by atoms with Crippen molar-refractivity contribution in [1.29, 1.82) is 0 Å². The monoisotopic (exact) mass is 358 g/mol. The molecule has 0 unspecified atom stereocenters. The highest BCUT2D eigenvalue weighted by atomic mass is 16.1. The molecule has 2 aromatic rings. The van der Waals surface area contributed by atoms with Gasteiger partial charge in [-0.1, -0.05) is 13.8 Å². The summed E-state index contributed by atoms with van der Waals surface area (Å²) in [7, 11) is 0. The minimum atomic E-state index is 0.0158. The first kappa shape index (κ1) is 17.0. The van der Waals surface area contributed by atoms with Crippen LogP contribution in [0.2, 0.25) is 0 Å². The second-order valence-corrected chi connectivity index (χ2v) is 7.38. The molecule has 2 saturated heterocycles. The van der Waals surface area contributed by atoms with E-state index in [1.54, 1.807) is 4.52 Å². The number of amides is 1. The lowest BCUT2D eigenvalue weighted by molar-refractivity contribution is -0.119. The van der Waals surface area contributed by atoms with Crippen molar-refractivity contribution >= 4 is 23.5 Å². The zero-order valence-corrected chi connectivity index (χ0v) is 15.2. The smallest absolute Gasteiger partial charge is 0.229 e. The normalized spacial score (nSPS) is 21.3. The summed E-state index contributed by atoms with van der Waals surface area (Å²) in [5.41, 5.74) is 1.90. The first-order chi connectivity index (χ1) is 12.6. The van der Waals surface area contributed by atoms with Gasteiger partial charge in [-0.2, -0.15) is 19.6 Å². The van der Waals surface area contributed by atoms with Crippen molar-refractivity contribution in [2.45, 2.75) is 51.1 Å². The summed E-state index contributed by atoms with van der Waals surface area (Å²) in [6.07, 6.45) is 4.41. The Morgan fingerprint density at radius 3 is 2.69 bits per heavy atom. The molecule has 4 heterocycles. The molecule has 1 atom stereocenters. The third kappa shape index (κ3) is 3.44. The molecule has 2 aliphatic heterocycles. The maximum atomic E-state index is 11.5. The molecule has 1 amide bonds. The number of anilines is 2. The number of hydrogen-bond donors (Lipinski definition) is 4. The molecule has 4 rings (SSSR count). The van der Waals surface area contributed by atoms with Crippen molar-refractivity contribution in [2.24, 2.45) is 0 Å². The van der Waals surface area contributed by atoms with Gasteiger partial charge in [-0.3, -0.25) is 4.79 Å². The van der Waals surface area contributed by atoms with Crippen LogP contribution >= 0.6 is 0 Å². The molecule has 0 aliphatic carbocycles. The summed E-state index contributed by atoms with van der Waals surface area (Å²) in [6, 6.07) is 0.380. The Balaban J connectivity index is 1.66. The molecule has 0 radical (unpaired) electrons. The molecule has 2 fully saturated rings. The Bertz CT molecular complexity index is 795. The maximum absolute atomic E-state index is 11.5. The lowest BCUT2D eigenvalue weighted by Gasteiger charge is -2.24. The van der Waals surface area contributed by atoms with Crippen LogP contribution in [0.15, 0.2) is 6.20 Å². The largest absolute Gasteiger partial charge is 0.354 e. The predicted molar refractivity (Wildman–Crippen MR) is 99.4 cm³/mol. The summed E-state index contributed by atoms with van der Waals surface area (Å²) in [4.78, 5) is 20.8. The lowest BCUT2D eigenvalue weighted by Crippen LogP contribution is -2.36. The standard InChI is InChI=1S/C17H26N8O/c1-10(2)13-9-20-25-15(13)23-16(21-12-7-14(26)19-8-12)24-17(25)22-11-3-5-18-6-4-11/h9-12,18H,3-8H2,1-2H3,(H,19,26)(H2,21,22,23,24)/t12-/m0/s1. The average molecular weight is 358 g/mol. The Kier molecular flexibility index (Phi) is 4.62. The van der Waals surface area contributed by atoms with Crippen LogP contribution in [-0.4, -0.2) is 57.2 Å². The molecule has 9 nitrogen and oxygen atoms in total. The molecular formula is C17H26N8O. The van der Waals surface area contributed by atoms with E-state index < -0.39 is 0 Å². The van der Waals surface area contributed by atoms with Gasteiger partial charge in [0.2, 0.25) is 17.8 Å². The summed E-state index contributed by atoms with van der Waals surface area (Å²) in [6.45, 7) is 6.87. The number of rotatable bonds is 5. The van der Waals surface area contributed by atoms with Gasteiger partial charge < -0.3 is 21.3 Å². The van der Waals surface area contributed by atoms with Crippen molar-refractivity contribution in [3.8, 4) is 0 Å². The fourth-order valence-corrected chi connectivity index (χ4v) is 3.50. The second kappa shape index (κ2) is 7.06. The van der Waals surface area contributed by atoms with E-state index in [1.807, 2.05) is 6.20 Å². The highest BCUT2D eigenvalue weighted by Gasteiger charge is 2.24. The minimum absolute atomic E-state index is 0.0158. The molecule has 2 aromatic heterocycles. The van der Waals surface area contributed by atoms with Gasteiger partial charge in [-0.25, -0.2) is 0 Å². The molecule has 4 N–H and O–H groups in total. The molecule has 26 heavy (non-hydrogen) atoms. The number of carbonyl (C=O) groups is 1. The van der Waals surface area contributed by atoms with E-state index >= 15 is 0 Å². The highest BCUT2D eigenvalue weighted by molar-refractivity contribution is 5.79. The van der Waals surface area contributed by atoms with Crippen LogP contribution in [0.5, 0.6) is 0 Å². The van der Waals surface area contributed by atoms with Crippen molar-refractivity contribution in [3.05, 3.63) is 11.8 Å². The molecular weight excluding hydrogens is 332 g/mol. The number of aromatic nitrogens is 4. The summed E-state index contributed by atoms with van der Waals surface area (Å²) in [5, 5.41) is 17.6. The van der Waals surface area contributed by atoms with E-state index in [9.17, 15) is 4.79 Å². The minimum Gasteiger partial charge on any atom is -0.354 e. The number of nitrogens with zero attached hydrogens (tertiary/aromatic N) is 4. The molecule has 2 aliphatic rings. The van der Waals surface area contributed by atoms with E-state index in [0.717, 1.165) is 37.1 Å². The van der Waals surface area contributed by atoms with Crippen molar-refractivity contribution in [3.63, 3.8) is 0 Å². The van der Waals surface area contributed by atoms with Crippen LogP contribution in [0.25, 0.3) is 5.65 Å². The highest BCUT2D eigenvalue weighted by Crippen LogP contribution is 2.23. The van der Waals surface area contributed by atoms with Crippen LogP contribution in [0.4, 0.5) is 11.9 Å². The average Bonchev–Trinajstić information content (AvgIpc) is 3.22.